The lowest BCUT2D eigenvalue weighted by Crippen LogP contribution is -2.38. The molecule has 0 bridgehead atoms. The molecule has 4 rings (SSSR count). The van der Waals surface area contributed by atoms with E-state index in [1.807, 2.05) is 6.07 Å². The molecule has 2 heterocycles. The molecule has 1 fully saturated rings. The summed E-state index contributed by atoms with van der Waals surface area (Å²) in [5, 5.41) is 0. The normalized spacial score (nSPS) is 15.3. The van der Waals surface area contributed by atoms with E-state index in [9.17, 15) is 18.0 Å². The Kier molecular flexibility index (Phi) is 6.81. The van der Waals surface area contributed by atoms with Gasteiger partial charge in [-0.15, -0.1) is 0 Å². The molecule has 9 heteroatoms. The molecule has 0 radical (unpaired) electrons. The first kappa shape index (κ1) is 23.7. The van der Waals surface area contributed by atoms with E-state index in [1.54, 1.807) is 61.6 Å². The second-order valence-corrected chi connectivity index (χ2v) is 8.25. The Hall–Kier alpha value is -3.49. The van der Waals surface area contributed by atoms with E-state index in [-0.39, 0.29) is 18.4 Å². The van der Waals surface area contributed by atoms with Crippen molar-refractivity contribution in [1.29, 1.82) is 0 Å². The second-order valence-electron chi connectivity index (χ2n) is 8.25. The van der Waals surface area contributed by atoms with Gasteiger partial charge in [0.1, 0.15) is 0 Å². The fourth-order valence-electron chi connectivity index (χ4n) is 4.30. The number of rotatable bonds is 6. The van der Waals surface area contributed by atoms with E-state index in [4.69, 9.17) is 9.47 Å². The predicted molar refractivity (Wildman–Crippen MR) is 123 cm³/mol. The number of piperidine rings is 1. The average Bonchev–Trinajstić information content (AvgIpc) is 3.21. The van der Waals surface area contributed by atoms with Gasteiger partial charge in [0.15, 0.2) is 11.5 Å². The maximum atomic E-state index is 13.6. The highest BCUT2D eigenvalue weighted by Crippen LogP contribution is 2.33. The van der Waals surface area contributed by atoms with Gasteiger partial charge in [0.2, 0.25) is 11.7 Å². The molecular weight excluding hydrogens is 447 g/mol. The molecule has 0 saturated carbocycles. The number of para-hydroxylation sites is 2. The molecule has 1 aliphatic rings. The highest BCUT2D eigenvalue weighted by molar-refractivity contribution is 5.92. The van der Waals surface area contributed by atoms with Crippen molar-refractivity contribution in [2.24, 2.45) is 5.92 Å². The fraction of sp³-hybridized carbons (Fsp3) is 0.360. The lowest BCUT2D eigenvalue weighted by atomic mass is 9.96. The van der Waals surface area contributed by atoms with Crippen LogP contribution in [0, 0.1) is 5.92 Å². The van der Waals surface area contributed by atoms with Gasteiger partial charge in [-0.05, 0) is 54.7 Å². The number of imidazole rings is 1. The summed E-state index contributed by atoms with van der Waals surface area (Å²) in [5.41, 5.74) is 1.61. The Bertz CT molecular complexity index is 1200. The van der Waals surface area contributed by atoms with Crippen LogP contribution in [0.25, 0.3) is 17.1 Å². The van der Waals surface area contributed by atoms with Gasteiger partial charge in [-0.1, -0.05) is 18.2 Å². The van der Waals surface area contributed by atoms with Gasteiger partial charge in [0.05, 0.1) is 25.3 Å². The van der Waals surface area contributed by atoms with Crippen LogP contribution >= 0.6 is 0 Å². The second kappa shape index (κ2) is 9.79. The summed E-state index contributed by atoms with van der Waals surface area (Å²) in [5.74, 6) is 0.204. The third-order valence-electron chi connectivity index (χ3n) is 6.10. The summed E-state index contributed by atoms with van der Waals surface area (Å²) in [7, 11) is 3.10. The lowest BCUT2D eigenvalue weighted by molar-refractivity contribution is -0.147. The van der Waals surface area contributed by atoms with Crippen molar-refractivity contribution in [3.8, 4) is 11.5 Å². The zero-order valence-electron chi connectivity index (χ0n) is 19.0. The molecule has 1 aliphatic heterocycles. The zero-order chi connectivity index (χ0) is 24.3. The summed E-state index contributed by atoms with van der Waals surface area (Å²) >= 11 is 0. The van der Waals surface area contributed by atoms with E-state index in [1.165, 1.54) is 10.6 Å². The first-order chi connectivity index (χ1) is 16.3. The molecule has 0 unspecified atom stereocenters. The SMILES string of the molecule is COc1ccc(/C=C/C(=O)N2CCC(Cn3c(C(F)(F)F)nc4ccccc43)CC2)cc1OC. The van der Waals surface area contributed by atoms with Crippen LogP contribution in [-0.2, 0) is 17.5 Å². The quantitative estimate of drug-likeness (QED) is 0.472. The van der Waals surface area contributed by atoms with E-state index >= 15 is 0 Å². The predicted octanol–water partition coefficient (Wildman–Crippen LogP) is 5.02. The number of aromatic nitrogens is 2. The number of hydrogen-bond donors (Lipinski definition) is 0. The van der Waals surface area contributed by atoms with Crippen molar-refractivity contribution >= 4 is 23.0 Å². The van der Waals surface area contributed by atoms with Crippen LogP contribution in [0.15, 0.2) is 48.5 Å². The largest absolute Gasteiger partial charge is 0.493 e. The number of alkyl halides is 3. The van der Waals surface area contributed by atoms with Crippen molar-refractivity contribution in [3.05, 3.63) is 59.9 Å². The standard InChI is InChI=1S/C25H26F3N3O3/c1-33-21-9-7-17(15-22(21)34-2)8-10-23(32)30-13-11-18(12-14-30)16-31-20-6-4-3-5-19(20)29-24(31)25(26,27)28/h3-10,15,18H,11-14,16H2,1-2H3/b10-8+. The highest BCUT2D eigenvalue weighted by atomic mass is 19.4. The maximum Gasteiger partial charge on any atom is 0.449 e. The van der Waals surface area contributed by atoms with Crippen LogP contribution in [0.5, 0.6) is 11.5 Å². The molecule has 0 spiro atoms. The van der Waals surface area contributed by atoms with Crippen LogP contribution in [0.3, 0.4) is 0 Å². The Morgan fingerprint density at radius 1 is 1.09 bits per heavy atom. The smallest absolute Gasteiger partial charge is 0.449 e. The number of carbonyl (C=O) groups is 1. The highest BCUT2D eigenvalue weighted by Gasteiger charge is 2.38. The zero-order valence-corrected chi connectivity index (χ0v) is 19.0. The maximum absolute atomic E-state index is 13.6. The van der Waals surface area contributed by atoms with Gasteiger partial charge in [0, 0.05) is 25.7 Å². The summed E-state index contributed by atoms with van der Waals surface area (Å²) in [6.45, 7) is 1.21. The summed E-state index contributed by atoms with van der Waals surface area (Å²) in [6, 6.07) is 12.0. The van der Waals surface area contributed by atoms with Gasteiger partial charge >= 0.3 is 6.18 Å². The Morgan fingerprint density at radius 2 is 1.79 bits per heavy atom. The number of benzene rings is 2. The molecular formula is C25H26F3N3O3. The van der Waals surface area contributed by atoms with Crippen LogP contribution < -0.4 is 9.47 Å². The number of nitrogens with zero attached hydrogens (tertiary/aromatic N) is 3. The van der Waals surface area contributed by atoms with Crippen LogP contribution in [0.2, 0.25) is 0 Å². The molecule has 0 N–H and O–H groups in total. The number of likely N-dealkylation sites (tertiary alicyclic amines) is 1. The molecule has 1 amide bonds. The van der Waals surface area contributed by atoms with Gasteiger partial charge in [-0.3, -0.25) is 4.79 Å². The Labute approximate surface area is 195 Å². The minimum absolute atomic E-state index is 0.0255. The van der Waals surface area contributed by atoms with Crippen molar-refractivity contribution in [1.82, 2.24) is 14.5 Å². The van der Waals surface area contributed by atoms with E-state index in [2.05, 4.69) is 4.98 Å². The molecule has 2 aromatic carbocycles. The van der Waals surface area contributed by atoms with Crippen molar-refractivity contribution in [2.75, 3.05) is 27.3 Å². The molecule has 1 saturated heterocycles. The van der Waals surface area contributed by atoms with Crippen LogP contribution in [0.1, 0.15) is 24.2 Å². The average molecular weight is 473 g/mol. The lowest BCUT2D eigenvalue weighted by Gasteiger charge is -2.32. The number of ether oxygens (including phenoxy) is 2. The molecule has 180 valence electrons. The number of halogens is 3. The summed E-state index contributed by atoms with van der Waals surface area (Å²) < 4.78 is 52.5. The molecule has 6 nitrogen and oxygen atoms in total. The third kappa shape index (κ3) is 5.03. The number of methoxy groups -OCH3 is 2. The van der Waals surface area contributed by atoms with Crippen molar-refractivity contribution in [2.45, 2.75) is 25.6 Å². The van der Waals surface area contributed by atoms with Crippen molar-refractivity contribution < 1.29 is 27.4 Å². The topological polar surface area (TPSA) is 56.6 Å². The Balaban J connectivity index is 1.39. The van der Waals surface area contributed by atoms with Crippen LogP contribution in [0.4, 0.5) is 13.2 Å². The molecule has 0 atom stereocenters. The number of hydrogen-bond acceptors (Lipinski definition) is 4. The van der Waals surface area contributed by atoms with E-state index in [0.717, 1.165) is 5.56 Å². The van der Waals surface area contributed by atoms with Gasteiger partial charge in [0.25, 0.3) is 0 Å². The molecule has 1 aromatic heterocycles. The monoisotopic (exact) mass is 473 g/mol. The summed E-state index contributed by atoms with van der Waals surface area (Å²) in [6.07, 6.45) is -0.0551. The first-order valence-electron chi connectivity index (χ1n) is 11.0. The molecule has 0 aliphatic carbocycles. The minimum Gasteiger partial charge on any atom is -0.493 e. The van der Waals surface area contributed by atoms with Gasteiger partial charge in [-0.25, -0.2) is 4.98 Å². The van der Waals surface area contributed by atoms with Gasteiger partial charge in [-0.2, -0.15) is 13.2 Å². The third-order valence-corrected chi connectivity index (χ3v) is 6.10. The number of carbonyl (C=O) groups excluding carboxylic acids is 1. The number of amides is 1. The van der Waals surface area contributed by atoms with Crippen molar-refractivity contribution in [3.63, 3.8) is 0 Å². The van der Waals surface area contributed by atoms with E-state index < -0.39 is 12.0 Å². The van der Waals surface area contributed by atoms with E-state index in [0.29, 0.717) is 48.5 Å². The fourth-order valence-corrected chi connectivity index (χ4v) is 4.30. The number of fused-ring (bicyclic) bond motifs is 1. The van der Waals surface area contributed by atoms with Gasteiger partial charge < -0.3 is 18.9 Å². The van der Waals surface area contributed by atoms with Crippen LogP contribution in [-0.4, -0.2) is 47.7 Å². The first-order valence-corrected chi connectivity index (χ1v) is 11.0. The molecule has 3 aromatic rings. The Morgan fingerprint density at radius 3 is 2.47 bits per heavy atom. The molecule has 34 heavy (non-hydrogen) atoms. The minimum atomic E-state index is -4.52. The summed E-state index contributed by atoms with van der Waals surface area (Å²) in [4.78, 5) is 18.2.